The Balaban J connectivity index is 2.20. The average molecular weight is 502 g/mol. The molecule has 0 bridgehead atoms. The Morgan fingerprint density at radius 3 is 2.28 bits per heavy atom. The Labute approximate surface area is 189 Å². The van der Waals surface area contributed by atoms with Crippen LogP contribution >= 0.6 is 23.2 Å². The van der Waals surface area contributed by atoms with Crippen molar-refractivity contribution in [3.63, 3.8) is 0 Å². The zero-order valence-corrected chi connectivity index (χ0v) is 17.9. The van der Waals surface area contributed by atoms with E-state index < -0.39 is 43.0 Å². The summed E-state index contributed by atoms with van der Waals surface area (Å²) in [7, 11) is 0. The molecule has 2 rings (SSSR count). The van der Waals surface area contributed by atoms with Gasteiger partial charge < -0.3 is 5.32 Å². The topological polar surface area (TPSA) is 29.1 Å². The van der Waals surface area contributed by atoms with Gasteiger partial charge in [0, 0.05) is 12.1 Å². The van der Waals surface area contributed by atoms with E-state index in [9.17, 15) is 35.5 Å². The van der Waals surface area contributed by atoms with Crippen molar-refractivity contribution in [1.82, 2.24) is 5.32 Å². The van der Waals surface area contributed by atoms with Crippen molar-refractivity contribution in [2.24, 2.45) is 0 Å². The quantitative estimate of drug-likeness (QED) is 0.411. The normalized spacial score (nSPS) is 13.4. The standard InChI is InChI=1S/C21H16Cl2F7NO/c1-11-6-14(8-16(22)19(11)23)15(21(28,29)30)5-3-12-2-4-13(17(24)7-12)10-31-18(32)9-20(25,26)27/h2-8,15H,9-10H2,1H3,(H,31,32)/b5-3+. The van der Waals surface area contributed by atoms with E-state index in [4.69, 9.17) is 23.2 Å². The minimum atomic E-state index is -4.70. The van der Waals surface area contributed by atoms with Gasteiger partial charge >= 0.3 is 12.4 Å². The van der Waals surface area contributed by atoms with Crippen molar-refractivity contribution in [2.75, 3.05) is 0 Å². The molecule has 1 atom stereocenters. The van der Waals surface area contributed by atoms with Crippen LogP contribution < -0.4 is 5.32 Å². The van der Waals surface area contributed by atoms with Crippen LogP contribution in [0.15, 0.2) is 36.4 Å². The lowest BCUT2D eigenvalue weighted by molar-refractivity contribution is -0.153. The molecule has 0 aromatic heterocycles. The fraction of sp³-hybridized carbons (Fsp3) is 0.286. The fourth-order valence-electron chi connectivity index (χ4n) is 2.80. The number of nitrogens with one attached hydrogen (secondary N) is 1. The summed E-state index contributed by atoms with van der Waals surface area (Å²) >= 11 is 11.8. The molecule has 0 aliphatic heterocycles. The molecule has 0 aliphatic carbocycles. The molecule has 0 saturated carbocycles. The minimum absolute atomic E-state index is 0.0349. The second-order valence-electron chi connectivity index (χ2n) is 6.93. The first-order valence-corrected chi connectivity index (χ1v) is 9.75. The smallest absolute Gasteiger partial charge is 0.352 e. The second kappa shape index (κ2) is 10.1. The second-order valence-corrected chi connectivity index (χ2v) is 7.72. The molecule has 1 amide bonds. The largest absolute Gasteiger partial charge is 0.399 e. The van der Waals surface area contributed by atoms with Crippen LogP contribution in [0, 0.1) is 12.7 Å². The Morgan fingerprint density at radius 1 is 1.09 bits per heavy atom. The number of rotatable bonds is 6. The monoisotopic (exact) mass is 501 g/mol. The maximum Gasteiger partial charge on any atom is 0.399 e. The van der Waals surface area contributed by atoms with Crippen LogP contribution in [0.3, 0.4) is 0 Å². The predicted molar refractivity (Wildman–Crippen MR) is 108 cm³/mol. The summed E-state index contributed by atoms with van der Waals surface area (Å²) in [5, 5.41) is 2.04. The summed E-state index contributed by atoms with van der Waals surface area (Å²) in [6.07, 6.45) is -9.17. The average Bonchev–Trinajstić information content (AvgIpc) is 2.63. The van der Waals surface area contributed by atoms with E-state index in [1.165, 1.54) is 19.1 Å². The van der Waals surface area contributed by atoms with Crippen molar-refractivity contribution in [1.29, 1.82) is 0 Å². The van der Waals surface area contributed by atoms with Crippen molar-refractivity contribution in [2.45, 2.75) is 38.2 Å². The Bertz CT molecular complexity index is 993. The number of hydrogen-bond acceptors (Lipinski definition) is 1. The molecule has 0 spiro atoms. The van der Waals surface area contributed by atoms with Gasteiger partial charge in [-0.1, -0.05) is 53.6 Å². The molecule has 174 valence electrons. The van der Waals surface area contributed by atoms with Gasteiger partial charge in [-0.15, -0.1) is 0 Å². The van der Waals surface area contributed by atoms with Gasteiger partial charge in [0.2, 0.25) is 5.91 Å². The maximum absolute atomic E-state index is 14.2. The van der Waals surface area contributed by atoms with Crippen LogP contribution in [0.25, 0.3) is 6.08 Å². The van der Waals surface area contributed by atoms with Crippen LogP contribution in [-0.2, 0) is 11.3 Å². The Morgan fingerprint density at radius 2 is 1.75 bits per heavy atom. The summed E-state index contributed by atoms with van der Waals surface area (Å²) in [5.74, 6) is -4.26. The summed E-state index contributed by atoms with van der Waals surface area (Å²) in [4.78, 5) is 11.2. The summed E-state index contributed by atoms with van der Waals surface area (Å²) < 4.78 is 91.4. The summed E-state index contributed by atoms with van der Waals surface area (Å²) in [6, 6.07) is 5.71. The number of halogens is 9. The molecule has 0 aliphatic rings. The van der Waals surface area contributed by atoms with Crippen molar-refractivity contribution in [3.8, 4) is 0 Å². The highest BCUT2D eigenvalue weighted by Gasteiger charge is 2.39. The number of carbonyl (C=O) groups is 1. The van der Waals surface area contributed by atoms with Gasteiger partial charge in [0.05, 0.1) is 16.0 Å². The third-order valence-electron chi connectivity index (χ3n) is 4.34. The van der Waals surface area contributed by atoms with Crippen LogP contribution in [-0.4, -0.2) is 18.3 Å². The van der Waals surface area contributed by atoms with E-state index >= 15 is 0 Å². The molecule has 2 aromatic rings. The number of amides is 1. The van der Waals surface area contributed by atoms with Gasteiger partial charge in [-0.25, -0.2) is 4.39 Å². The number of benzene rings is 2. The summed E-state index contributed by atoms with van der Waals surface area (Å²) in [5.41, 5.74) is 0.175. The van der Waals surface area contributed by atoms with Crippen molar-refractivity contribution < 1.29 is 35.5 Å². The Hall–Kier alpha value is -2.26. The molecule has 11 heteroatoms. The van der Waals surface area contributed by atoms with Gasteiger partial charge in [0.25, 0.3) is 0 Å². The lowest BCUT2D eigenvalue weighted by atomic mass is 9.95. The highest BCUT2D eigenvalue weighted by molar-refractivity contribution is 6.42. The Kier molecular flexibility index (Phi) is 8.22. The fourth-order valence-corrected chi connectivity index (χ4v) is 3.18. The van der Waals surface area contributed by atoms with Gasteiger partial charge in [-0.3, -0.25) is 4.79 Å². The first kappa shape index (κ1) is 26.0. The van der Waals surface area contributed by atoms with E-state index in [0.29, 0.717) is 5.56 Å². The number of carbonyl (C=O) groups excluding carboxylic acids is 1. The highest BCUT2D eigenvalue weighted by atomic mass is 35.5. The molecule has 0 heterocycles. The SMILES string of the molecule is Cc1cc(C(/C=C/c2ccc(CNC(=O)CC(F)(F)F)c(F)c2)C(F)(F)F)cc(Cl)c1Cl. The zero-order chi connectivity index (χ0) is 24.3. The van der Waals surface area contributed by atoms with Gasteiger partial charge in [0.1, 0.15) is 12.2 Å². The summed E-state index contributed by atoms with van der Waals surface area (Å²) in [6.45, 7) is 1.01. The van der Waals surface area contributed by atoms with E-state index in [0.717, 1.165) is 30.4 Å². The van der Waals surface area contributed by atoms with E-state index in [1.54, 1.807) is 0 Å². The third kappa shape index (κ3) is 7.41. The molecule has 0 saturated heterocycles. The number of allylic oxidation sites excluding steroid dienone is 1. The zero-order valence-electron chi connectivity index (χ0n) is 16.3. The molecule has 2 aromatic carbocycles. The molecule has 2 nitrogen and oxygen atoms in total. The molecule has 0 radical (unpaired) electrons. The minimum Gasteiger partial charge on any atom is -0.352 e. The molecular formula is C21H16Cl2F7NO. The molecule has 1 unspecified atom stereocenters. The van der Waals surface area contributed by atoms with E-state index in [1.807, 2.05) is 5.32 Å². The molecule has 0 fully saturated rings. The first-order chi connectivity index (χ1) is 14.7. The lowest BCUT2D eigenvalue weighted by Crippen LogP contribution is -2.28. The van der Waals surface area contributed by atoms with E-state index in [-0.39, 0.29) is 26.7 Å². The van der Waals surface area contributed by atoms with Crippen molar-refractivity contribution in [3.05, 3.63) is 74.5 Å². The van der Waals surface area contributed by atoms with Crippen LogP contribution in [0.4, 0.5) is 30.7 Å². The van der Waals surface area contributed by atoms with Gasteiger partial charge in [-0.05, 0) is 35.7 Å². The number of hydrogen-bond donors (Lipinski definition) is 1. The van der Waals surface area contributed by atoms with E-state index in [2.05, 4.69) is 0 Å². The maximum atomic E-state index is 14.2. The van der Waals surface area contributed by atoms with Gasteiger partial charge in [0.15, 0.2) is 0 Å². The predicted octanol–water partition coefficient (Wildman–Crippen LogP) is 7.37. The lowest BCUT2D eigenvalue weighted by Gasteiger charge is -2.19. The molecular weight excluding hydrogens is 486 g/mol. The third-order valence-corrected chi connectivity index (χ3v) is 5.24. The van der Waals surface area contributed by atoms with Gasteiger partial charge in [-0.2, -0.15) is 26.3 Å². The number of aryl methyl sites for hydroxylation is 1. The molecule has 32 heavy (non-hydrogen) atoms. The number of alkyl halides is 6. The first-order valence-electron chi connectivity index (χ1n) is 8.99. The van der Waals surface area contributed by atoms with Crippen molar-refractivity contribution >= 4 is 35.2 Å². The van der Waals surface area contributed by atoms with Crippen LogP contribution in [0.5, 0.6) is 0 Å². The highest BCUT2D eigenvalue weighted by Crippen LogP contribution is 2.39. The molecule has 1 N–H and O–H groups in total. The van der Waals surface area contributed by atoms with Crippen LogP contribution in [0.2, 0.25) is 10.0 Å². The van der Waals surface area contributed by atoms with Crippen LogP contribution in [0.1, 0.15) is 34.6 Å².